The number of aliphatic hydroxyl groups excluding tert-OH is 1. The van der Waals surface area contributed by atoms with Gasteiger partial charge in [0.25, 0.3) is 0 Å². The van der Waals surface area contributed by atoms with Crippen LogP contribution >= 0.6 is 0 Å². The third-order valence-electron chi connectivity index (χ3n) is 5.91. The molecule has 0 saturated carbocycles. The maximum Gasteiger partial charge on any atom is 0.225 e. The summed E-state index contributed by atoms with van der Waals surface area (Å²) in [5.74, 6) is 0.819. The van der Waals surface area contributed by atoms with E-state index in [4.69, 9.17) is 4.98 Å². The van der Waals surface area contributed by atoms with E-state index < -0.39 is 0 Å². The molecule has 2 aromatic heterocycles. The molecule has 1 N–H and O–H groups in total. The van der Waals surface area contributed by atoms with Crippen molar-refractivity contribution in [1.82, 2.24) is 19.9 Å². The van der Waals surface area contributed by atoms with E-state index in [2.05, 4.69) is 25.8 Å². The fourth-order valence-corrected chi connectivity index (χ4v) is 4.29. The van der Waals surface area contributed by atoms with Crippen molar-refractivity contribution in [2.75, 3.05) is 31.1 Å². The number of anilines is 1. The topological polar surface area (TPSA) is 65.4 Å². The van der Waals surface area contributed by atoms with E-state index in [0.29, 0.717) is 6.04 Å². The average molecular weight is 367 g/mol. The molecule has 0 atom stereocenters. The second-order valence-electron chi connectivity index (χ2n) is 7.81. The number of aromatic nitrogens is 3. The number of piperidine rings is 2. The molecule has 0 aromatic carbocycles. The molecule has 2 fully saturated rings. The van der Waals surface area contributed by atoms with Crippen molar-refractivity contribution >= 4 is 5.95 Å². The first-order valence-corrected chi connectivity index (χ1v) is 10.0. The number of likely N-dealkylation sites (tertiary alicyclic amines) is 1. The Hall–Kier alpha value is -2.05. The molecule has 144 valence electrons. The van der Waals surface area contributed by atoms with Gasteiger partial charge in [-0.15, -0.1) is 0 Å². The van der Waals surface area contributed by atoms with Crippen LogP contribution in [0.2, 0.25) is 0 Å². The number of nitrogens with zero attached hydrogens (tertiary/aromatic N) is 5. The van der Waals surface area contributed by atoms with Crippen molar-refractivity contribution in [1.29, 1.82) is 0 Å². The Morgan fingerprint density at radius 2 is 1.67 bits per heavy atom. The summed E-state index contributed by atoms with van der Waals surface area (Å²) in [6.45, 7) is 8.06. The number of pyridine rings is 1. The van der Waals surface area contributed by atoms with Crippen LogP contribution in [0, 0.1) is 13.8 Å². The molecule has 0 radical (unpaired) electrons. The monoisotopic (exact) mass is 367 g/mol. The predicted molar refractivity (Wildman–Crippen MR) is 107 cm³/mol. The van der Waals surface area contributed by atoms with Gasteiger partial charge in [0, 0.05) is 55.4 Å². The number of aliphatic hydroxyl groups is 1. The zero-order chi connectivity index (χ0) is 18.8. The minimum Gasteiger partial charge on any atom is -0.393 e. The number of hydrogen-bond acceptors (Lipinski definition) is 6. The summed E-state index contributed by atoms with van der Waals surface area (Å²) >= 11 is 0. The van der Waals surface area contributed by atoms with Gasteiger partial charge in [-0.05, 0) is 57.7 Å². The standard InChI is InChI=1S/C21H29N5O/c1-15-3-4-19(16(2)23-15)20-5-10-22-21(24-20)26-11-6-17(7-12-26)25-13-8-18(27)9-14-25/h3-5,10,17-18,27H,6-9,11-14H2,1-2H3. The zero-order valence-corrected chi connectivity index (χ0v) is 16.3. The van der Waals surface area contributed by atoms with Crippen LogP contribution in [0.15, 0.2) is 24.4 Å². The highest BCUT2D eigenvalue weighted by Gasteiger charge is 2.28. The summed E-state index contributed by atoms with van der Waals surface area (Å²) in [5.41, 5.74) is 4.05. The van der Waals surface area contributed by atoms with E-state index >= 15 is 0 Å². The lowest BCUT2D eigenvalue weighted by atomic mass is 9.99. The van der Waals surface area contributed by atoms with Crippen LogP contribution in [0.1, 0.15) is 37.1 Å². The van der Waals surface area contributed by atoms with Gasteiger partial charge < -0.3 is 14.9 Å². The normalized spacial score (nSPS) is 20.2. The van der Waals surface area contributed by atoms with Crippen LogP contribution in [0.25, 0.3) is 11.3 Å². The van der Waals surface area contributed by atoms with Gasteiger partial charge in [-0.2, -0.15) is 0 Å². The second-order valence-corrected chi connectivity index (χ2v) is 7.81. The number of hydrogen-bond donors (Lipinski definition) is 1. The Morgan fingerprint density at radius 1 is 0.926 bits per heavy atom. The molecular formula is C21H29N5O. The Bertz CT molecular complexity index is 780. The zero-order valence-electron chi connectivity index (χ0n) is 16.3. The van der Waals surface area contributed by atoms with Crippen molar-refractivity contribution in [2.45, 2.75) is 51.7 Å². The van der Waals surface area contributed by atoms with Crippen LogP contribution in [-0.2, 0) is 0 Å². The molecule has 0 amide bonds. The Kier molecular flexibility index (Phi) is 5.36. The summed E-state index contributed by atoms with van der Waals surface area (Å²) in [5, 5.41) is 9.71. The minimum atomic E-state index is -0.0998. The van der Waals surface area contributed by atoms with Gasteiger partial charge in [-0.3, -0.25) is 4.98 Å². The van der Waals surface area contributed by atoms with E-state index in [1.165, 1.54) is 0 Å². The lowest BCUT2D eigenvalue weighted by Crippen LogP contribution is -2.48. The van der Waals surface area contributed by atoms with Gasteiger partial charge in [0.2, 0.25) is 5.95 Å². The van der Waals surface area contributed by atoms with Gasteiger partial charge in [0.1, 0.15) is 0 Å². The van der Waals surface area contributed by atoms with Crippen molar-refractivity contribution in [3.8, 4) is 11.3 Å². The first-order valence-electron chi connectivity index (χ1n) is 10.0. The number of aryl methyl sites for hydroxylation is 2. The van der Waals surface area contributed by atoms with Gasteiger partial charge in [-0.1, -0.05) is 0 Å². The lowest BCUT2D eigenvalue weighted by molar-refractivity contribution is 0.0541. The van der Waals surface area contributed by atoms with Crippen molar-refractivity contribution in [2.24, 2.45) is 0 Å². The first-order chi connectivity index (χ1) is 13.1. The lowest BCUT2D eigenvalue weighted by Gasteiger charge is -2.41. The SMILES string of the molecule is Cc1ccc(-c2ccnc(N3CCC(N4CCC(O)CC4)CC3)n2)c(C)n1. The molecule has 2 saturated heterocycles. The van der Waals surface area contributed by atoms with Crippen LogP contribution in [0.4, 0.5) is 5.95 Å². The van der Waals surface area contributed by atoms with E-state index in [1.54, 1.807) is 0 Å². The molecule has 6 heteroatoms. The van der Waals surface area contributed by atoms with Crippen LogP contribution in [-0.4, -0.2) is 63.3 Å². The molecule has 0 aliphatic carbocycles. The highest BCUT2D eigenvalue weighted by molar-refractivity contribution is 5.62. The quantitative estimate of drug-likeness (QED) is 0.899. The molecule has 4 rings (SSSR count). The summed E-state index contributed by atoms with van der Waals surface area (Å²) in [7, 11) is 0. The number of rotatable bonds is 3. The van der Waals surface area contributed by atoms with Gasteiger partial charge in [0.05, 0.1) is 11.8 Å². The summed E-state index contributed by atoms with van der Waals surface area (Å²) in [4.78, 5) is 18.8. The molecule has 0 unspecified atom stereocenters. The Balaban J connectivity index is 1.43. The fourth-order valence-electron chi connectivity index (χ4n) is 4.29. The molecule has 6 nitrogen and oxygen atoms in total. The Morgan fingerprint density at radius 3 is 2.37 bits per heavy atom. The molecule has 27 heavy (non-hydrogen) atoms. The smallest absolute Gasteiger partial charge is 0.225 e. The van der Waals surface area contributed by atoms with E-state index in [0.717, 1.165) is 80.5 Å². The van der Waals surface area contributed by atoms with Crippen molar-refractivity contribution in [3.63, 3.8) is 0 Å². The predicted octanol–water partition coefficient (Wildman–Crippen LogP) is 2.58. The molecule has 4 heterocycles. The third kappa shape index (κ3) is 4.12. The second kappa shape index (κ2) is 7.90. The molecular weight excluding hydrogens is 338 g/mol. The Labute approximate surface area is 161 Å². The summed E-state index contributed by atoms with van der Waals surface area (Å²) in [6.07, 6.45) is 5.85. The van der Waals surface area contributed by atoms with E-state index in [9.17, 15) is 5.11 Å². The van der Waals surface area contributed by atoms with Crippen molar-refractivity contribution < 1.29 is 5.11 Å². The van der Waals surface area contributed by atoms with E-state index in [-0.39, 0.29) is 6.10 Å². The van der Waals surface area contributed by atoms with E-state index in [1.807, 2.05) is 32.2 Å². The minimum absolute atomic E-state index is 0.0998. The average Bonchev–Trinajstić information content (AvgIpc) is 2.69. The maximum atomic E-state index is 9.71. The van der Waals surface area contributed by atoms with Gasteiger partial charge in [-0.25, -0.2) is 9.97 Å². The maximum absolute atomic E-state index is 9.71. The first kappa shape index (κ1) is 18.3. The molecule has 2 aromatic rings. The fraction of sp³-hybridized carbons (Fsp3) is 0.571. The summed E-state index contributed by atoms with van der Waals surface area (Å²) < 4.78 is 0. The largest absolute Gasteiger partial charge is 0.393 e. The van der Waals surface area contributed by atoms with Gasteiger partial charge >= 0.3 is 0 Å². The molecule has 2 aliphatic heterocycles. The van der Waals surface area contributed by atoms with Crippen molar-refractivity contribution in [3.05, 3.63) is 35.8 Å². The van der Waals surface area contributed by atoms with Crippen LogP contribution in [0.3, 0.4) is 0 Å². The molecule has 0 spiro atoms. The molecule has 2 aliphatic rings. The summed E-state index contributed by atoms with van der Waals surface area (Å²) in [6, 6.07) is 6.72. The highest BCUT2D eigenvalue weighted by Crippen LogP contribution is 2.25. The van der Waals surface area contributed by atoms with Crippen LogP contribution < -0.4 is 4.90 Å². The van der Waals surface area contributed by atoms with Gasteiger partial charge in [0.15, 0.2) is 0 Å². The highest BCUT2D eigenvalue weighted by atomic mass is 16.3. The third-order valence-corrected chi connectivity index (χ3v) is 5.91. The van der Waals surface area contributed by atoms with Crippen LogP contribution in [0.5, 0.6) is 0 Å². The molecule has 0 bridgehead atoms.